The summed E-state index contributed by atoms with van der Waals surface area (Å²) in [5, 5.41) is 7.71. The molecule has 24 heavy (non-hydrogen) atoms. The number of pyridine rings is 1. The molecule has 0 spiro atoms. The van der Waals surface area contributed by atoms with Crippen LogP contribution in [0.4, 0.5) is 0 Å². The summed E-state index contributed by atoms with van der Waals surface area (Å²) in [7, 11) is 1.37. The summed E-state index contributed by atoms with van der Waals surface area (Å²) in [6.45, 7) is 2.33. The second kappa shape index (κ2) is 7.09. The van der Waals surface area contributed by atoms with Crippen molar-refractivity contribution in [1.82, 2.24) is 20.4 Å². The number of nitrogens with zero attached hydrogens (tertiary/aromatic N) is 3. The van der Waals surface area contributed by atoms with Crippen molar-refractivity contribution in [2.45, 2.75) is 51.1 Å². The van der Waals surface area contributed by atoms with Crippen molar-refractivity contribution in [3.8, 4) is 0 Å². The van der Waals surface area contributed by atoms with Crippen LogP contribution in [0.5, 0.6) is 0 Å². The molecule has 128 valence electrons. The number of esters is 1. The van der Waals surface area contributed by atoms with Gasteiger partial charge in [0.25, 0.3) is 0 Å². The summed E-state index contributed by atoms with van der Waals surface area (Å²) < 4.78 is 9.94. The molecule has 2 aromatic heterocycles. The molecule has 0 radical (unpaired) electrons. The molecule has 0 aromatic carbocycles. The molecule has 2 heterocycles. The van der Waals surface area contributed by atoms with Gasteiger partial charge in [-0.05, 0) is 25.0 Å². The van der Waals surface area contributed by atoms with Gasteiger partial charge in [0.15, 0.2) is 5.82 Å². The summed E-state index contributed by atoms with van der Waals surface area (Å²) in [4.78, 5) is 20.4. The first-order valence-electron chi connectivity index (χ1n) is 8.22. The van der Waals surface area contributed by atoms with Gasteiger partial charge in [-0.1, -0.05) is 24.4 Å². The average molecular weight is 330 g/mol. The third-order valence-electron chi connectivity index (χ3n) is 4.51. The first-order valence-corrected chi connectivity index (χ1v) is 8.22. The lowest BCUT2D eigenvalue weighted by atomic mass is 9.81. The Hall–Kier alpha value is -2.28. The van der Waals surface area contributed by atoms with E-state index < -0.39 is 0 Å². The van der Waals surface area contributed by atoms with Crippen molar-refractivity contribution in [2.24, 2.45) is 0 Å². The van der Waals surface area contributed by atoms with E-state index in [9.17, 15) is 4.79 Å². The van der Waals surface area contributed by atoms with Gasteiger partial charge in [-0.15, -0.1) is 0 Å². The smallest absolute Gasteiger partial charge is 0.337 e. The maximum absolute atomic E-state index is 11.7. The normalized spacial score (nSPS) is 16.8. The van der Waals surface area contributed by atoms with E-state index in [1.54, 1.807) is 25.3 Å². The van der Waals surface area contributed by atoms with E-state index >= 15 is 0 Å². The Morgan fingerprint density at radius 1 is 1.38 bits per heavy atom. The number of aryl methyl sites for hydroxylation is 1. The molecule has 0 bridgehead atoms. The lowest BCUT2D eigenvalue weighted by Crippen LogP contribution is -2.44. The molecule has 7 heteroatoms. The van der Waals surface area contributed by atoms with Crippen LogP contribution < -0.4 is 5.32 Å². The number of carbonyl (C=O) groups is 1. The third-order valence-corrected chi connectivity index (χ3v) is 4.51. The van der Waals surface area contributed by atoms with Gasteiger partial charge in [0, 0.05) is 19.7 Å². The molecule has 2 aromatic rings. The molecular weight excluding hydrogens is 308 g/mol. The Morgan fingerprint density at radius 2 is 2.17 bits per heavy atom. The Kier molecular flexibility index (Phi) is 4.89. The molecule has 1 fully saturated rings. The summed E-state index contributed by atoms with van der Waals surface area (Å²) in [5.41, 5.74) is 0.986. The van der Waals surface area contributed by atoms with Crippen LogP contribution in [-0.2, 0) is 16.8 Å². The quantitative estimate of drug-likeness (QED) is 0.842. The lowest BCUT2D eigenvalue weighted by Gasteiger charge is -2.35. The van der Waals surface area contributed by atoms with Gasteiger partial charge in [0.1, 0.15) is 0 Å². The van der Waals surface area contributed by atoms with Crippen molar-refractivity contribution in [2.75, 3.05) is 7.11 Å². The molecular formula is C17H22N4O3. The van der Waals surface area contributed by atoms with Crippen LogP contribution in [0, 0.1) is 6.92 Å². The van der Waals surface area contributed by atoms with Crippen LogP contribution in [0.3, 0.4) is 0 Å². The molecule has 7 nitrogen and oxygen atoms in total. The van der Waals surface area contributed by atoms with Crippen LogP contribution in [-0.4, -0.2) is 28.2 Å². The highest BCUT2D eigenvalue weighted by atomic mass is 16.5. The number of aromatic nitrogens is 3. The molecule has 0 unspecified atom stereocenters. The largest absolute Gasteiger partial charge is 0.465 e. The van der Waals surface area contributed by atoms with E-state index in [1.165, 1.54) is 13.5 Å². The predicted octanol–water partition coefficient (Wildman–Crippen LogP) is 2.51. The Bertz CT molecular complexity index is 707. The highest BCUT2D eigenvalue weighted by molar-refractivity contribution is 5.89. The topological polar surface area (TPSA) is 90.1 Å². The molecule has 1 aliphatic carbocycles. The first-order chi connectivity index (χ1) is 11.6. The van der Waals surface area contributed by atoms with Crippen molar-refractivity contribution < 1.29 is 14.1 Å². The summed E-state index contributed by atoms with van der Waals surface area (Å²) in [5.74, 6) is 0.922. The molecule has 1 saturated carbocycles. The van der Waals surface area contributed by atoms with E-state index in [0.29, 0.717) is 23.8 Å². The van der Waals surface area contributed by atoms with Gasteiger partial charge < -0.3 is 9.26 Å². The minimum atomic E-state index is -0.361. The zero-order valence-corrected chi connectivity index (χ0v) is 14.0. The van der Waals surface area contributed by atoms with Crippen molar-refractivity contribution >= 4 is 5.97 Å². The SMILES string of the molecule is COC(=O)c1ccnc(CNC2(c3noc(C)n3)CCCCC2)c1. The van der Waals surface area contributed by atoms with Crippen LogP contribution >= 0.6 is 0 Å². The van der Waals surface area contributed by atoms with Crippen molar-refractivity contribution in [1.29, 1.82) is 0 Å². The lowest BCUT2D eigenvalue weighted by molar-refractivity contribution is 0.0600. The second-order valence-corrected chi connectivity index (χ2v) is 6.16. The van der Waals surface area contributed by atoms with Crippen LogP contribution in [0.1, 0.15) is 59.9 Å². The number of hydrogen-bond donors (Lipinski definition) is 1. The molecule has 0 saturated heterocycles. The Morgan fingerprint density at radius 3 is 2.83 bits per heavy atom. The standard InChI is InChI=1S/C17H22N4O3/c1-12-20-16(21-24-12)17(7-4-3-5-8-17)19-11-14-10-13(6-9-18-14)15(22)23-2/h6,9-10,19H,3-5,7-8,11H2,1-2H3. The van der Waals surface area contributed by atoms with E-state index in [2.05, 4.69) is 20.4 Å². The molecule has 3 rings (SSSR count). The fraction of sp³-hybridized carbons (Fsp3) is 0.529. The van der Waals surface area contributed by atoms with Gasteiger partial charge in [-0.3, -0.25) is 10.3 Å². The minimum absolute atomic E-state index is 0.293. The Balaban J connectivity index is 1.78. The van der Waals surface area contributed by atoms with Crippen LogP contribution in [0.2, 0.25) is 0 Å². The zero-order chi connectivity index (χ0) is 17.0. The van der Waals surface area contributed by atoms with E-state index in [4.69, 9.17) is 9.26 Å². The Labute approximate surface area is 140 Å². The molecule has 0 atom stereocenters. The molecule has 0 aliphatic heterocycles. The maximum atomic E-state index is 11.7. The van der Waals surface area contributed by atoms with Gasteiger partial charge in [0.05, 0.1) is 23.9 Å². The first kappa shape index (κ1) is 16.6. The van der Waals surface area contributed by atoms with Gasteiger partial charge in [0.2, 0.25) is 5.89 Å². The molecule has 0 amide bonds. The fourth-order valence-corrected chi connectivity index (χ4v) is 3.21. The highest BCUT2D eigenvalue weighted by Crippen LogP contribution is 2.35. The number of methoxy groups -OCH3 is 1. The number of hydrogen-bond acceptors (Lipinski definition) is 7. The number of nitrogens with one attached hydrogen (secondary N) is 1. The van der Waals surface area contributed by atoms with Gasteiger partial charge in [-0.25, -0.2) is 4.79 Å². The third kappa shape index (κ3) is 3.46. The van der Waals surface area contributed by atoms with Crippen LogP contribution in [0.15, 0.2) is 22.9 Å². The van der Waals surface area contributed by atoms with Crippen LogP contribution in [0.25, 0.3) is 0 Å². The summed E-state index contributed by atoms with van der Waals surface area (Å²) in [6.07, 6.45) is 7.00. The second-order valence-electron chi connectivity index (χ2n) is 6.16. The van der Waals surface area contributed by atoms with Crippen molar-refractivity contribution in [3.05, 3.63) is 41.3 Å². The monoisotopic (exact) mass is 330 g/mol. The number of rotatable bonds is 5. The van der Waals surface area contributed by atoms with E-state index in [1.807, 2.05) is 0 Å². The predicted molar refractivity (Wildman–Crippen MR) is 86.2 cm³/mol. The molecule has 1 N–H and O–H groups in total. The van der Waals surface area contributed by atoms with Gasteiger partial charge in [-0.2, -0.15) is 4.98 Å². The van der Waals surface area contributed by atoms with E-state index in [-0.39, 0.29) is 11.5 Å². The zero-order valence-electron chi connectivity index (χ0n) is 14.0. The van der Waals surface area contributed by atoms with Crippen molar-refractivity contribution in [3.63, 3.8) is 0 Å². The van der Waals surface area contributed by atoms with E-state index in [0.717, 1.165) is 31.4 Å². The summed E-state index contributed by atoms with van der Waals surface area (Å²) in [6, 6.07) is 3.39. The number of ether oxygens (including phenoxy) is 1. The molecule has 1 aliphatic rings. The average Bonchev–Trinajstić information content (AvgIpc) is 3.07. The highest BCUT2D eigenvalue weighted by Gasteiger charge is 2.37. The number of carbonyl (C=O) groups excluding carboxylic acids is 1. The minimum Gasteiger partial charge on any atom is -0.465 e. The van der Waals surface area contributed by atoms with Gasteiger partial charge >= 0.3 is 5.97 Å². The fourth-order valence-electron chi connectivity index (χ4n) is 3.21. The summed E-state index contributed by atoms with van der Waals surface area (Å²) >= 11 is 0. The maximum Gasteiger partial charge on any atom is 0.337 e.